The summed E-state index contributed by atoms with van der Waals surface area (Å²) in [4.78, 5) is 0.105. The van der Waals surface area contributed by atoms with Crippen LogP contribution in [0.15, 0.2) is 46.0 Å². The van der Waals surface area contributed by atoms with Crippen LogP contribution in [0.1, 0.15) is 5.56 Å². The van der Waals surface area contributed by atoms with E-state index in [0.717, 1.165) is 0 Å². The van der Waals surface area contributed by atoms with Crippen molar-refractivity contribution in [3.05, 3.63) is 46.7 Å². The number of hydrogen-bond acceptors (Lipinski definition) is 4. The summed E-state index contributed by atoms with van der Waals surface area (Å²) in [6.07, 6.45) is 0. The summed E-state index contributed by atoms with van der Waals surface area (Å²) in [7, 11) is -3.63. The van der Waals surface area contributed by atoms with Gasteiger partial charge in [-0.3, -0.25) is 4.72 Å². The Morgan fingerprint density at radius 1 is 1.24 bits per heavy atom. The standard InChI is InChI=1S/C11H11NO3S2/c13-7-9-3-1-2-4-11(9)17(14,15)12-10-5-6-16-8-10/h1-6,8,12-13H,7H2. The maximum Gasteiger partial charge on any atom is 0.262 e. The minimum atomic E-state index is -3.63. The molecule has 0 spiro atoms. The van der Waals surface area contributed by atoms with Crippen LogP contribution in [0.3, 0.4) is 0 Å². The van der Waals surface area contributed by atoms with Crippen LogP contribution < -0.4 is 4.72 Å². The van der Waals surface area contributed by atoms with Gasteiger partial charge < -0.3 is 5.11 Å². The number of benzene rings is 1. The first-order chi connectivity index (χ1) is 8.13. The van der Waals surface area contributed by atoms with Gasteiger partial charge in [0.05, 0.1) is 17.2 Å². The van der Waals surface area contributed by atoms with Crippen molar-refractivity contribution in [3.63, 3.8) is 0 Å². The van der Waals surface area contributed by atoms with Crippen LogP contribution in [-0.2, 0) is 16.6 Å². The topological polar surface area (TPSA) is 66.4 Å². The van der Waals surface area contributed by atoms with Gasteiger partial charge in [-0.15, -0.1) is 0 Å². The molecule has 2 N–H and O–H groups in total. The lowest BCUT2D eigenvalue weighted by Gasteiger charge is -2.09. The van der Waals surface area contributed by atoms with E-state index in [9.17, 15) is 8.42 Å². The zero-order valence-corrected chi connectivity index (χ0v) is 10.5. The van der Waals surface area contributed by atoms with Gasteiger partial charge in [0.1, 0.15) is 0 Å². The highest BCUT2D eigenvalue weighted by Gasteiger charge is 2.17. The van der Waals surface area contributed by atoms with Crippen LogP contribution in [-0.4, -0.2) is 13.5 Å². The Kier molecular flexibility index (Phi) is 3.46. The van der Waals surface area contributed by atoms with Gasteiger partial charge >= 0.3 is 0 Å². The van der Waals surface area contributed by atoms with E-state index in [-0.39, 0.29) is 11.5 Å². The van der Waals surface area contributed by atoms with Crippen LogP contribution in [0, 0.1) is 0 Å². The molecule has 1 heterocycles. The van der Waals surface area contributed by atoms with Crippen LogP contribution in [0.5, 0.6) is 0 Å². The van der Waals surface area contributed by atoms with Crippen LogP contribution in [0.4, 0.5) is 5.69 Å². The molecule has 0 unspecified atom stereocenters. The van der Waals surface area contributed by atoms with Crippen molar-refractivity contribution in [2.24, 2.45) is 0 Å². The molecule has 2 rings (SSSR count). The number of rotatable bonds is 4. The van der Waals surface area contributed by atoms with Crippen LogP contribution >= 0.6 is 11.3 Å². The number of anilines is 1. The number of hydrogen-bond donors (Lipinski definition) is 2. The molecule has 17 heavy (non-hydrogen) atoms. The summed E-state index contributed by atoms with van der Waals surface area (Å²) in [6, 6.07) is 8.06. The first kappa shape index (κ1) is 12.1. The third-order valence-electron chi connectivity index (χ3n) is 2.21. The van der Waals surface area contributed by atoms with Crippen molar-refractivity contribution >= 4 is 27.0 Å². The lowest BCUT2D eigenvalue weighted by atomic mass is 10.2. The molecule has 0 fully saturated rings. The van der Waals surface area contributed by atoms with E-state index < -0.39 is 10.0 Å². The molecule has 0 bridgehead atoms. The lowest BCUT2D eigenvalue weighted by molar-refractivity contribution is 0.278. The summed E-state index contributed by atoms with van der Waals surface area (Å²) in [5.74, 6) is 0. The van der Waals surface area contributed by atoms with E-state index in [4.69, 9.17) is 5.11 Å². The van der Waals surface area contributed by atoms with Crippen LogP contribution in [0.25, 0.3) is 0 Å². The van der Waals surface area contributed by atoms with Gasteiger partial charge in [-0.25, -0.2) is 8.42 Å². The fraction of sp³-hybridized carbons (Fsp3) is 0.0909. The first-order valence-corrected chi connectivity index (χ1v) is 7.30. The summed E-state index contributed by atoms with van der Waals surface area (Å²) >= 11 is 1.41. The average molecular weight is 269 g/mol. The summed E-state index contributed by atoms with van der Waals surface area (Å²) < 4.78 is 26.6. The van der Waals surface area contributed by atoms with E-state index in [0.29, 0.717) is 11.3 Å². The quantitative estimate of drug-likeness (QED) is 0.892. The molecule has 0 saturated heterocycles. The number of nitrogens with one attached hydrogen (secondary N) is 1. The molecule has 0 radical (unpaired) electrons. The second-order valence-corrected chi connectivity index (χ2v) is 5.81. The molecule has 0 amide bonds. The molecule has 1 aromatic heterocycles. The molecule has 1 aromatic carbocycles. The number of aliphatic hydroxyl groups is 1. The summed E-state index contributed by atoms with van der Waals surface area (Å²) in [6.45, 7) is -0.305. The third kappa shape index (κ3) is 2.66. The van der Waals surface area contributed by atoms with Crippen molar-refractivity contribution in [2.75, 3.05) is 4.72 Å². The van der Waals surface area contributed by atoms with Crippen molar-refractivity contribution in [1.29, 1.82) is 0 Å². The van der Waals surface area contributed by atoms with Crippen molar-refractivity contribution in [1.82, 2.24) is 0 Å². The molecule has 0 aliphatic rings. The van der Waals surface area contributed by atoms with Gasteiger partial charge in [-0.2, -0.15) is 11.3 Å². The monoisotopic (exact) mass is 269 g/mol. The molecule has 6 heteroatoms. The first-order valence-electron chi connectivity index (χ1n) is 4.87. The average Bonchev–Trinajstić information content (AvgIpc) is 2.81. The minimum absolute atomic E-state index is 0.105. The molecule has 0 saturated carbocycles. The summed E-state index contributed by atoms with van der Waals surface area (Å²) in [5.41, 5.74) is 0.915. The van der Waals surface area contributed by atoms with Gasteiger partial charge in [0.25, 0.3) is 10.0 Å². The Balaban J connectivity index is 2.38. The van der Waals surface area contributed by atoms with E-state index >= 15 is 0 Å². The predicted octanol–water partition coefficient (Wildman–Crippen LogP) is 2.04. The van der Waals surface area contributed by atoms with E-state index in [1.807, 2.05) is 0 Å². The minimum Gasteiger partial charge on any atom is -0.392 e. The fourth-order valence-corrected chi connectivity index (χ4v) is 3.37. The molecule has 0 atom stereocenters. The fourth-order valence-electron chi connectivity index (χ4n) is 1.43. The van der Waals surface area contributed by atoms with Gasteiger partial charge in [-0.05, 0) is 23.1 Å². The van der Waals surface area contributed by atoms with E-state index in [1.165, 1.54) is 17.4 Å². The molecule has 0 aliphatic heterocycles. The Bertz CT molecular complexity index is 591. The third-order valence-corrected chi connectivity index (χ3v) is 4.37. The van der Waals surface area contributed by atoms with E-state index in [1.54, 1.807) is 35.0 Å². The highest BCUT2D eigenvalue weighted by molar-refractivity contribution is 7.92. The van der Waals surface area contributed by atoms with Crippen molar-refractivity contribution in [2.45, 2.75) is 11.5 Å². The smallest absolute Gasteiger partial charge is 0.262 e. The zero-order chi connectivity index (χ0) is 12.3. The highest BCUT2D eigenvalue weighted by atomic mass is 32.2. The Morgan fingerprint density at radius 3 is 2.65 bits per heavy atom. The van der Waals surface area contributed by atoms with Gasteiger partial charge in [-0.1, -0.05) is 18.2 Å². The van der Waals surface area contributed by atoms with Crippen LogP contribution in [0.2, 0.25) is 0 Å². The number of aliphatic hydroxyl groups excluding tert-OH is 1. The number of thiophene rings is 1. The highest BCUT2D eigenvalue weighted by Crippen LogP contribution is 2.21. The molecule has 90 valence electrons. The van der Waals surface area contributed by atoms with E-state index in [2.05, 4.69) is 4.72 Å². The van der Waals surface area contributed by atoms with Crippen molar-refractivity contribution in [3.8, 4) is 0 Å². The van der Waals surface area contributed by atoms with Gasteiger partial charge in [0.15, 0.2) is 0 Å². The second kappa shape index (κ2) is 4.87. The number of sulfonamides is 1. The Labute approximate surface area is 104 Å². The summed E-state index contributed by atoms with van der Waals surface area (Å²) in [5, 5.41) is 12.6. The Morgan fingerprint density at radius 2 is 2.00 bits per heavy atom. The lowest BCUT2D eigenvalue weighted by Crippen LogP contribution is -2.14. The normalized spacial score (nSPS) is 11.4. The molecular formula is C11H11NO3S2. The Hall–Kier alpha value is -1.37. The molecule has 2 aromatic rings. The predicted molar refractivity (Wildman–Crippen MR) is 67.5 cm³/mol. The maximum absolute atomic E-state index is 12.1. The SMILES string of the molecule is O=S(=O)(Nc1ccsc1)c1ccccc1CO. The van der Waals surface area contributed by atoms with Gasteiger partial charge in [0.2, 0.25) is 0 Å². The largest absolute Gasteiger partial charge is 0.392 e. The zero-order valence-electron chi connectivity index (χ0n) is 8.83. The molecule has 4 nitrogen and oxygen atoms in total. The molecular weight excluding hydrogens is 258 g/mol. The molecule has 0 aliphatic carbocycles. The maximum atomic E-state index is 12.1. The second-order valence-electron chi connectivity index (χ2n) is 3.38. The van der Waals surface area contributed by atoms with Gasteiger partial charge in [0, 0.05) is 5.38 Å². The van der Waals surface area contributed by atoms with Crippen molar-refractivity contribution < 1.29 is 13.5 Å².